The Balaban J connectivity index is 3.27. The molecule has 16 heavy (non-hydrogen) atoms. The highest BCUT2D eigenvalue weighted by Crippen LogP contribution is 2.22. The summed E-state index contributed by atoms with van der Waals surface area (Å²) in [6.07, 6.45) is 0. The third kappa shape index (κ3) is 2.33. The Kier molecular flexibility index (Phi) is 3.88. The van der Waals surface area contributed by atoms with Crippen molar-refractivity contribution >= 4 is 21.6 Å². The number of hydrogen-bond acceptors (Lipinski definition) is 4. The highest BCUT2D eigenvalue weighted by Gasteiger charge is 2.21. The average molecular weight is 261 g/mol. The molecule has 1 aromatic rings. The van der Waals surface area contributed by atoms with Crippen molar-refractivity contribution in [3.05, 3.63) is 28.8 Å². The summed E-state index contributed by atoms with van der Waals surface area (Å²) < 4.78 is 24.3. The van der Waals surface area contributed by atoms with Crippen LogP contribution in [0.25, 0.3) is 0 Å². The molecule has 0 aliphatic rings. The first-order valence-electron chi connectivity index (χ1n) is 4.16. The zero-order chi connectivity index (χ0) is 12.3. The lowest BCUT2D eigenvalue weighted by atomic mass is 10.2. The minimum absolute atomic E-state index is 0.0270. The van der Waals surface area contributed by atoms with Gasteiger partial charge in [-0.1, -0.05) is 16.1 Å². The van der Waals surface area contributed by atoms with Gasteiger partial charge in [0.2, 0.25) is 0 Å². The first kappa shape index (κ1) is 12.9. The molecular weight excluding hydrogens is 252 g/mol. The molecule has 0 heterocycles. The van der Waals surface area contributed by atoms with Crippen molar-refractivity contribution in [1.29, 1.82) is 5.26 Å². The Labute approximate surface area is 98.8 Å². The van der Waals surface area contributed by atoms with Crippen molar-refractivity contribution < 1.29 is 13.3 Å². The second-order valence-corrected chi connectivity index (χ2v) is 5.19. The molecule has 0 saturated heterocycles. The SMILES string of the molecule is CON(C)S(=O)(=O)c1ccc(C#N)c(Cl)c1. The zero-order valence-corrected chi connectivity index (χ0v) is 10.2. The molecule has 1 aromatic carbocycles. The molecule has 0 spiro atoms. The fourth-order valence-electron chi connectivity index (χ4n) is 0.994. The second kappa shape index (κ2) is 4.80. The number of hydrogen-bond donors (Lipinski definition) is 0. The maximum atomic E-state index is 11.8. The molecule has 0 amide bonds. The van der Waals surface area contributed by atoms with Gasteiger partial charge in [0.25, 0.3) is 10.0 Å². The summed E-state index contributed by atoms with van der Waals surface area (Å²) in [7, 11) is -1.22. The van der Waals surface area contributed by atoms with Crippen molar-refractivity contribution in [1.82, 2.24) is 4.47 Å². The summed E-state index contributed by atoms with van der Waals surface area (Å²) in [6.45, 7) is 0. The minimum Gasteiger partial charge on any atom is -0.288 e. The molecule has 1 rings (SSSR count). The van der Waals surface area contributed by atoms with Crippen molar-refractivity contribution in [2.75, 3.05) is 14.2 Å². The van der Waals surface area contributed by atoms with Crippen molar-refractivity contribution in [3.63, 3.8) is 0 Å². The van der Waals surface area contributed by atoms with E-state index in [4.69, 9.17) is 16.9 Å². The molecule has 0 atom stereocenters. The number of hydroxylamine groups is 1. The van der Waals surface area contributed by atoms with E-state index in [9.17, 15) is 8.42 Å². The van der Waals surface area contributed by atoms with Gasteiger partial charge >= 0.3 is 0 Å². The van der Waals surface area contributed by atoms with Gasteiger partial charge in [0.1, 0.15) is 6.07 Å². The molecule has 0 aromatic heterocycles. The Morgan fingerprint density at radius 1 is 1.50 bits per heavy atom. The van der Waals surface area contributed by atoms with E-state index in [2.05, 4.69) is 4.84 Å². The van der Waals surface area contributed by atoms with Crippen LogP contribution in [0.2, 0.25) is 5.02 Å². The predicted molar refractivity (Wildman–Crippen MR) is 58.1 cm³/mol. The monoisotopic (exact) mass is 260 g/mol. The van der Waals surface area contributed by atoms with Crippen LogP contribution in [0.15, 0.2) is 23.1 Å². The maximum Gasteiger partial charge on any atom is 0.264 e. The largest absolute Gasteiger partial charge is 0.288 e. The molecule has 0 unspecified atom stereocenters. The van der Waals surface area contributed by atoms with Gasteiger partial charge in [0.15, 0.2) is 0 Å². The second-order valence-electron chi connectivity index (χ2n) is 2.85. The van der Waals surface area contributed by atoms with Crippen LogP contribution in [0.1, 0.15) is 5.56 Å². The van der Waals surface area contributed by atoms with Crippen LogP contribution in [-0.4, -0.2) is 27.0 Å². The molecule has 86 valence electrons. The lowest BCUT2D eigenvalue weighted by molar-refractivity contribution is -0.0258. The van der Waals surface area contributed by atoms with E-state index in [0.717, 1.165) is 0 Å². The van der Waals surface area contributed by atoms with Crippen molar-refractivity contribution in [3.8, 4) is 6.07 Å². The summed E-state index contributed by atoms with van der Waals surface area (Å²) in [5.41, 5.74) is 0.223. The molecule has 0 aliphatic heterocycles. The number of benzene rings is 1. The van der Waals surface area contributed by atoms with Gasteiger partial charge in [-0.25, -0.2) is 8.42 Å². The number of halogens is 1. The van der Waals surface area contributed by atoms with Gasteiger partial charge in [0, 0.05) is 7.05 Å². The molecule has 0 N–H and O–H groups in total. The van der Waals surface area contributed by atoms with E-state index >= 15 is 0 Å². The van der Waals surface area contributed by atoms with Crippen LogP contribution in [0.3, 0.4) is 0 Å². The third-order valence-corrected chi connectivity index (χ3v) is 3.94. The van der Waals surface area contributed by atoms with Crippen molar-refractivity contribution in [2.24, 2.45) is 0 Å². The number of nitrogens with zero attached hydrogens (tertiary/aromatic N) is 2. The smallest absolute Gasteiger partial charge is 0.264 e. The zero-order valence-electron chi connectivity index (χ0n) is 8.64. The normalized spacial score (nSPS) is 11.4. The van der Waals surface area contributed by atoms with E-state index in [-0.39, 0.29) is 15.5 Å². The molecule has 0 radical (unpaired) electrons. The summed E-state index contributed by atoms with van der Waals surface area (Å²) >= 11 is 5.74. The predicted octanol–water partition coefficient (Wildman–Crippen LogP) is 1.39. The lowest BCUT2D eigenvalue weighted by Gasteiger charge is -2.14. The van der Waals surface area contributed by atoms with E-state index < -0.39 is 10.0 Å². The average Bonchev–Trinajstić information content (AvgIpc) is 2.27. The summed E-state index contributed by atoms with van der Waals surface area (Å²) in [6, 6.07) is 5.71. The highest BCUT2D eigenvalue weighted by molar-refractivity contribution is 7.89. The van der Waals surface area contributed by atoms with E-state index in [1.807, 2.05) is 6.07 Å². The standard InChI is InChI=1S/C9H9ClN2O3S/c1-12(15-2)16(13,14)8-4-3-7(6-11)9(10)5-8/h3-5H,1-2H3. The fraction of sp³-hybridized carbons (Fsp3) is 0.222. The molecule has 7 heteroatoms. The van der Waals surface area contributed by atoms with Gasteiger partial charge in [-0.05, 0) is 18.2 Å². The Morgan fingerprint density at radius 3 is 2.56 bits per heavy atom. The number of rotatable bonds is 3. The molecule has 5 nitrogen and oxygen atoms in total. The molecular formula is C9H9ClN2O3S. The van der Waals surface area contributed by atoms with Crippen LogP contribution < -0.4 is 0 Å². The van der Waals surface area contributed by atoms with Crippen LogP contribution in [-0.2, 0) is 14.9 Å². The number of sulfonamides is 1. The highest BCUT2D eigenvalue weighted by atomic mass is 35.5. The van der Waals surface area contributed by atoms with E-state index in [1.54, 1.807) is 0 Å². The van der Waals surface area contributed by atoms with Gasteiger partial charge in [-0.3, -0.25) is 4.84 Å². The van der Waals surface area contributed by atoms with Crippen LogP contribution >= 0.6 is 11.6 Å². The lowest BCUT2D eigenvalue weighted by Crippen LogP contribution is -2.25. The first-order chi connectivity index (χ1) is 7.43. The summed E-state index contributed by atoms with van der Waals surface area (Å²) in [5, 5.41) is 8.74. The quantitative estimate of drug-likeness (QED) is 0.770. The van der Waals surface area contributed by atoms with Crippen LogP contribution in [0, 0.1) is 11.3 Å². The maximum absolute atomic E-state index is 11.8. The molecule has 0 fully saturated rings. The fourth-order valence-corrected chi connectivity index (χ4v) is 2.28. The van der Waals surface area contributed by atoms with Gasteiger partial charge in [-0.15, -0.1) is 0 Å². The number of nitriles is 1. The third-order valence-electron chi connectivity index (χ3n) is 1.95. The topological polar surface area (TPSA) is 70.4 Å². The summed E-state index contributed by atoms with van der Waals surface area (Å²) in [5.74, 6) is 0. The first-order valence-corrected chi connectivity index (χ1v) is 5.98. The summed E-state index contributed by atoms with van der Waals surface area (Å²) in [4.78, 5) is 4.58. The minimum atomic E-state index is -3.72. The van der Waals surface area contributed by atoms with Crippen LogP contribution in [0.4, 0.5) is 0 Å². The molecule has 0 bridgehead atoms. The van der Waals surface area contributed by atoms with E-state index in [0.29, 0.717) is 4.47 Å². The van der Waals surface area contributed by atoms with Gasteiger partial charge in [-0.2, -0.15) is 5.26 Å². The molecule has 0 saturated carbocycles. The van der Waals surface area contributed by atoms with Gasteiger partial charge < -0.3 is 0 Å². The van der Waals surface area contributed by atoms with E-state index in [1.165, 1.54) is 32.4 Å². The van der Waals surface area contributed by atoms with Crippen LogP contribution in [0.5, 0.6) is 0 Å². The Bertz CT molecular complexity index is 536. The Hall–Kier alpha value is -1.13. The van der Waals surface area contributed by atoms with Gasteiger partial charge in [0.05, 0.1) is 22.6 Å². The molecule has 0 aliphatic carbocycles. The van der Waals surface area contributed by atoms with Crippen molar-refractivity contribution in [2.45, 2.75) is 4.90 Å². The Morgan fingerprint density at radius 2 is 2.12 bits per heavy atom.